The summed E-state index contributed by atoms with van der Waals surface area (Å²) < 4.78 is 0.343. The third-order valence-corrected chi connectivity index (χ3v) is 12.9. The van der Waals surface area contributed by atoms with Gasteiger partial charge in [-0.05, 0) is 124 Å². The normalized spacial score (nSPS) is 42.9. The van der Waals surface area contributed by atoms with Gasteiger partial charge < -0.3 is 10.6 Å². The van der Waals surface area contributed by atoms with E-state index >= 15 is 0 Å². The molecule has 1 aromatic rings. The number of carbonyl (C=O) groups excluding carboxylic acids is 2. The molecular formula is C30H37Br2N3O4. The molecule has 4 unspecified atom stereocenters. The third-order valence-electron chi connectivity index (χ3n) is 11.0. The highest BCUT2D eigenvalue weighted by Gasteiger charge is 2.58. The van der Waals surface area contributed by atoms with Crippen LogP contribution in [0.5, 0.6) is 0 Å². The Morgan fingerprint density at radius 2 is 1.26 bits per heavy atom. The summed E-state index contributed by atoms with van der Waals surface area (Å²) in [5.41, 5.74) is 0.445. The van der Waals surface area contributed by atoms with Crippen LogP contribution in [0.2, 0.25) is 0 Å². The minimum Gasteiger partial charge on any atom is -0.326 e. The van der Waals surface area contributed by atoms with Crippen LogP contribution in [0.4, 0.5) is 17.1 Å². The number of hydrogen-bond donors (Lipinski definition) is 2. The SMILES string of the molecule is O=C(CC12CC3CC(CC(Br)(C3)C1)C2)Nc1ccc(NC(=O)CC23CC4CC(CC(Br)(C4)C2)C3)c([N+](=O)[O-])c1. The van der Waals surface area contributed by atoms with E-state index in [0.717, 1.165) is 38.5 Å². The fraction of sp³-hybridized carbons (Fsp3) is 0.733. The summed E-state index contributed by atoms with van der Waals surface area (Å²) in [5, 5.41) is 17.7. The number of nitrogens with zero attached hydrogens (tertiary/aromatic N) is 1. The van der Waals surface area contributed by atoms with Gasteiger partial charge in [-0.15, -0.1) is 0 Å². The molecule has 0 heterocycles. The van der Waals surface area contributed by atoms with E-state index in [2.05, 4.69) is 42.5 Å². The van der Waals surface area contributed by atoms with Gasteiger partial charge in [-0.2, -0.15) is 0 Å². The molecule has 1 aromatic carbocycles. The number of amides is 2. The molecule has 8 aliphatic carbocycles. The monoisotopic (exact) mass is 661 g/mol. The molecule has 8 fully saturated rings. The number of alkyl halides is 2. The van der Waals surface area contributed by atoms with E-state index in [0.29, 0.717) is 42.2 Å². The van der Waals surface area contributed by atoms with Crippen molar-refractivity contribution < 1.29 is 14.5 Å². The molecular weight excluding hydrogens is 626 g/mol. The number of nitro groups is 1. The van der Waals surface area contributed by atoms with Crippen molar-refractivity contribution in [3.8, 4) is 0 Å². The predicted octanol–water partition coefficient (Wildman–Crippen LogP) is 7.72. The van der Waals surface area contributed by atoms with Gasteiger partial charge in [0, 0.05) is 33.2 Å². The number of anilines is 2. The molecule has 0 aromatic heterocycles. The molecule has 39 heavy (non-hydrogen) atoms. The molecule has 9 rings (SSSR count). The van der Waals surface area contributed by atoms with Crippen LogP contribution < -0.4 is 10.6 Å². The number of halogens is 2. The van der Waals surface area contributed by atoms with Gasteiger partial charge in [-0.3, -0.25) is 19.7 Å². The standard InChI is InChI=1S/C30H37Br2N3O4/c31-29-10-18-3-19(11-29)7-27(6-18,16-29)14-25(36)33-22-1-2-23(24(5-22)35(38)39)34-26(37)15-28-8-20-4-21(9-28)13-30(32,12-20)17-28/h1-2,5,18-21H,3-4,6-17H2,(H,33,36)(H,34,37). The zero-order chi connectivity index (χ0) is 27.2. The maximum absolute atomic E-state index is 13.2. The zero-order valence-electron chi connectivity index (χ0n) is 22.3. The minimum atomic E-state index is -0.475. The number of nitrogens with one attached hydrogen (secondary N) is 2. The summed E-state index contributed by atoms with van der Waals surface area (Å²) in [6, 6.07) is 4.62. The number of rotatable bonds is 7. The van der Waals surface area contributed by atoms with Crippen molar-refractivity contribution in [2.24, 2.45) is 34.5 Å². The van der Waals surface area contributed by atoms with Crippen LogP contribution in [0.15, 0.2) is 18.2 Å². The van der Waals surface area contributed by atoms with E-state index in [1.165, 1.54) is 44.6 Å². The summed E-state index contributed by atoms with van der Waals surface area (Å²) in [6.45, 7) is 0. The summed E-state index contributed by atoms with van der Waals surface area (Å²) in [5.74, 6) is 2.51. The second-order valence-electron chi connectivity index (χ2n) is 14.7. The van der Waals surface area contributed by atoms with Crippen molar-refractivity contribution >= 4 is 60.7 Å². The second-order valence-corrected chi connectivity index (χ2v) is 18.0. The first-order valence-electron chi connectivity index (χ1n) is 14.7. The summed E-state index contributed by atoms with van der Waals surface area (Å²) in [4.78, 5) is 37.8. The Labute approximate surface area is 246 Å². The van der Waals surface area contributed by atoms with E-state index in [4.69, 9.17) is 0 Å². The molecule has 2 N–H and O–H groups in total. The van der Waals surface area contributed by atoms with Crippen LogP contribution in [0.3, 0.4) is 0 Å². The van der Waals surface area contributed by atoms with Crippen LogP contribution >= 0.6 is 31.9 Å². The Bertz CT molecular complexity index is 1220. The van der Waals surface area contributed by atoms with Crippen molar-refractivity contribution in [2.75, 3.05) is 10.6 Å². The lowest BCUT2D eigenvalue weighted by Crippen LogP contribution is -2.53. The Morgan fingerprint density at radius 3 is 1.69 bits per heavy atom. The molecule has 0 spiro atoms. The van der Waals surface area contributed by atoms with Gasteiger partial charge in [0.15, 0.2) is 0 Å². The molecule has 7 nitrogen and oxygen atoms in total. The smallest absolute Gasteiger partial charge is 0.294 e. The number of hydrogen-bond acceptors (Lipinski definition) is 4. The minimum absolute atomic E-state index is 0.00860. The highest BCUT2D eigenvalue weighted by atomic mass is 79.9. The van der Waals surface area contributed by atoms with Gasteiger partial charge in [0.1, 0.15) is 5.69 Å². The quantitative estimate of drug-likeness (QED) is 0.177. The Balaban J connectivity index is 1.02. The second kappa shape index (κ2) is 9.01. The zero-order valence-corrected chi connectivity index (χ0v) is 25.4. The van der Waals surface area contributed by atoms with Gasteiger partial charge in [-0.25, -0.2) is 0 Å². The van der Waals surface area contributed by atoms with Crippen molar-refractivity contribution in [3.05, 3.63) is 28.3 Å². The van der Waals surface area contributed by atoms with Crippen LogP contribution in [-0.4, -0.2) is 25.4 Å². The summed E-state index contributed by atoms with van der Waals surface area (Å²) in [6.07, 6.45) is 14.7. The average molecular weight is 663 g/mol. The van der Waals surface area contributed by atoms with E-state index in [1.54, 1.807) is 12.1 Å². The third kappa shape index (κ3) is 4.98. The molecule has 0 aliphatic heterocycles. The summed E-state index contributed by atoms with van der Waals surface area (Å²) in [7, 11) is 0. The van der Waals surface area contributed by atoms with Crippen LogP contribution in [0.1, 0.15) is 89.9 Å². The van der Waals surface area contributed by atoms with Crippen molar-refractivity contribution in [2.45, 2.75) is 98.5 Å². The highest BCUT2D eigenvalue weighted by Crippen LogP contribution is 2.66. The predicted molar refractivity (Wildman–Crippen MR) is 157 cm³/mol. The molecule has 9 heteroatoms. The van der Waals surface area contributed by atoms with Crippen LogP contribution in [0, 0.1) is 44.6 Å². The summed E-state index contributed by atoms with van der Waals surface area (Å²) >= 11 is 8.01. The van der Waals surface area contributed by atoms with Gasteiger partial charge >= 0.3 is 0 Å². The van der Waals surface area contributed by atoms with Gasteiger partial charge in [0.05, 0.1) is 4.92 Å². The lowest BCUT2D eigenvalue weighted by atomic mass is 9.48. The lowest BCUT2D eigenvalue weighted by Gasteiger charge is -2.60. The van der Waals surface area contributed by atoms with E-state index < -0.39 is 4.92 Å². The van der Waals surface area contributed by atoms with Gasteiger partial charge in [-0.1, -0.05) is 31.9 Å². The molecule has 0 saturated heterocycles. The lowest BCUT2D eigenvalue weighted by molar-refractivity contribution is -0.383. The molecule has 2 amide bonds. The molecule has 8 aliphatic rings. The largest absolute Gasteiger partial charge is 0.326 e. The Morgan fingerprint density at radius 1 is 0.795 bits per heavy atom. The highest BCUT2D eigenvalue weighted by molar-refractivity contribution is 9.10. The van der Waals surface area contributed by atoms with Crippen LogP contribution in [-0.2, 0) is 9.59 Å². The molecule has 8 bridgehead atoms. The fourth-order valence-corrected chi connectivity index (χ4v) is 14.1. The van der Waals surface area contributed by atoms with Gasteiger partial charge in [0.25, 0.3) is 5.69 Å². The maximum atomic E-state index is 13.2. The molecule has 210 valence electrons. The first-order valence-corrected chi connectivity index (χ1v) is 16.3. The molecule has 8 saturated carbocycles. The Kier molecular flexibility index (Phi) is 6.10. The topological polar surface area (TPSA) is 101 Å². The van der Waals surface area contributed by atoms with E-state index in [-0.39, 0.29) is 42.7 Å². The number of nitro benzene ring substituents is 1. The maximum Gasteiger partial charge on any atom is 0.294 e. The number of benzene rings is 1. The van der Waals surface area contributed by atoms with Crippen LogP contribution in [0.25, 0.3) is 0 Å². The van der Waals surface area contributed by atoms with Crippen molar-refractivity contribution in [3.63, 3.8) is 0 Å². The van der Waals surface area contributed by atoms with Gasteiger partial charge in [0.2, 0.25) is 11.8 Å². The average Bonchev–Trinajstić information content (AvgIpc) is 2.75. The number of carbonyl (C=O) groups is 2. The van der Waals surface area contributed by atoms with E-state index in [1.807, 2.05) is 0 Å². The Hall–Kier alpha value is -1.48. The first kappa shape index (κ1) is 26.4. The molecule has 0 radical (unpaired) electrons. The van der Waals surface area contributed by atoms with E-state index in [9.17, 15) is 19.7 Å². The first-order chi connectivity index (χ1) is 18.4. The van der Waals surface area contributed by atoms with Crippen molar-refractivity contribution in [1.82, 2.24) is 0 Å². The molecule has 4 atom stereocenters. The van der Waals surface area contributed by atoms with Crippen molar-refractivity contribution in [1.29, 1.82) is 0 Å². The fourth-order valence-electron chi connectivity index (χ4n) is 11.0.